The fraction of sp³-hybridized carbons (Fsp3) is 0.0833. The van der Waals surface area contributed by atoms with Crippen LogP contribution in [0.2, 0.25) is 0 Å². The molecule has 9 nitrogen and oxygen atoms in total. The molecule has 0 saturated carbocycles. The van der Waals surface area contributed by atoms with Crippen molar-refractivity contribution in [1.29, 1.82) is 5.26 Å². The highest BCUT2D eigenvalue weighted by molar-refractivity contribution is 8.00. The van der Waals surface area contributed by atoms with Gasteiger partial charge in [-0.3, -0.25) is 25.2 Å². The molecule has 0 aliphatic carbocycles. The fourth-order valence-corrected chi connectivity index (χ4v) is 3.93. The Labute approximate surface area is 199 Å². The van der Waals surface area contributed by atoms with E-state index >= 15 is 0 Å². The van der Waals surface area contributed by atoms with E-state index in [4.69, 9.17) is 14.7 Å². The van der Waals surface area contributed by atoms with Crippen LogP contribution < -0.4 is 25.6 Å². The smallest absolute Gasteiger partial charge is 0.270 e. The molecule has 0 spiro atoms. The van der Waals surface area contributed by atoms with E-state index in [0.717, 1.165) is 0 Å². The summed E-state index contributed by atoms with van der Waals surface area (Å²) in [5, 5.41) is 11.7. The third kappa shape index (κ3) is 5.46. The van der Waals surface area contributed by atoms with Crippen LogP contribution in [-0.4, -0.2) is 30.3 Å². The molecule has 0 fully saturated rings. The van der Waals surface area contributed by atoms with Crippen molar-refractivity contribution in [2.24, 2.45) is 0 Å². The number of fused-ring (bicyclic) bond motifs is 1. The quantitative estimate of drug-likeness (QED) is 0.370. The zero-order valence-electron chi connectivity index (χ0n) is 17.7. The maximum atomic E-state index is 12.7. The highest BCUT2D eigenvalue weighted by Gasteiger charge is 2.18. The summed E-state index contributed by atoms with van der Waals surface area (Å²) >= 11 is 1.18. The molecule has 0 bridgehead atoms. The van der Waals surface area contributed by atoms with E-state index in [2.05, 4.69) is 16.2 Å². The first-order valence-corrected chi connectivity index (χ1v) is 11.0. The SMILES string of the molecule is N#Cc1cccc(NC(=O)CSc2ccccc2C(=O)NNC(=O)c2ccc3c(c2)OCO3)c1. The Bertz CT molecular complexity index is 1300. The predicted molar refractivity (Wildman–Crippen MR) is 124 cm³/mol. The Morgan fingerprint density at radius 1 is 0.912 bits per heavy atom. The number of ether oxygens (including phenoxy) is 2. The van der Waals surface area contributed by atoms with Crippen molar-refractivity contribution in [2.45, 2.75) is 4.90 Å². The van der Waals surface area contributed by atoms with Gasteiger partial charge in [-0.25, -0.2) is 0 Å². The first-order chi connectivity index (χ1) is 16.5. The Hall–Kier alpha value is -4.49. The van der Waals surface area contributed by atoms with Gasteiger partial charge in [-0.15, -0.1) is 11.8 Å². The van der Waals surface area contributed by atoms with Crippen molar-refractivity contribution < 1.29 is 23.9 Å². The van der Waals surface area contributed by atoms with Gasteiger partial charge in [0.05, 0.1) is 22.9 Å². The molecule has 0 radical (unpaired) electrons. The molecule has 1 aliphatic heterocycles. The lowest BCUT2D eigenvalue weighted by molar-refractivity contribution is -0.113. The number of carbonyl (C=O) groups is 3. The number of anilines is 1. The van der Waals surface area contributed by atoms with Gasteiger partial charge in [-0.1, -0.05) is 18.2 Å². The van der Waals surface area contributed by atoms with Gasteiger partial charge in [0.15, 0.2) is 11.5 Å². The van der Waals surface area contributed by atoms with Crippen LogP contribution in [0.5, 0.6) is 11.5 Å². The van der Waals surface area contributed by atoms with Crippen molar-refractivity contribution in [3.05, 3.63) is 83.4 Å². The molecule has 170 valence electrons. The molecule has 0 unspecified atom stereocenters. The second kappa shape index (κ2) is 10.4. The number of nitriles is 1. The summed E-state index contributed by atoms with van der Waals surface area (Å²) in [7, 11) is 0. The minimum absolute atomic E-state index is 0.0463. The fourth-order valence-electron chi connectivity index (χ4n) is 3.08. The Balaban J connectivity index is 1.34. The van der Waals surface area contributed by atoms with Crippen LogP contribution in [0.1, 0.15) is 26.3 Å². The number of thioether (sulfide) groups is 1. The van der Waals surface area contributed by atoms with E-state index in [0.29, 0.717) is 38.8 Å². The molecule has 0 atom stereocenters. The topological polar surface area (TPSA) is 130 Å². The van der Waals surface area contributed by atoms with Gasteiger partial charge in [0.1, 0.15) is 0 Å². The number of hydrazine groups is 1. The van der Waals surface area contributed by atoms with Crippen molar-refractivity contribution in [2.75, 3.05) is 17.9 Å². The predicted octanol–water partition coefficient (Wildman–Crippen LogP) is 3.09. The Kier molecular flexibility index (Phi) is 6.95. The third-order valence-electron chi connectivity index (χ3n) is 4.69. The molecule has 34 heavy (non-hydrogen) atoms. The van der Waals surface area contributed by atoms with E-state index in [-0.39, 0.29) is 18.5 Å². The molecule has 3 aromatic rings. The largest absolute Gasteiger partial charge is 0.454 e. The number of amides is 3. The zero-order valence-corrected chi connectivity index (χ0v) is 18.5. The van der Waals surface area contributed by atoms with Crippen LogP contribution in [-0.2, 0) is 4.79 Å². The van der Waals surface area contributed by atoms with Crippen molar-refractivity contribution in [3.63, 3.8) is 0 Å². The zero-order chi connectivity index (χ0) is 23.9. The van der Waals surface area contributed by atoms with Crippen LogP contribution in [0.4, 0.5) is 5.69 Å². The standard InChI is InChI=1S/C24H18N4O5S/c25-12-15-4-3-5-17(10-15)26-22(29)13-34-21-7-2-1-6-18(21)24(31)28-27-23(30)16-8-9-19-20(11-16)33-14-32-19/h1-11H,13-14H2,(H,26,29)(H,27,30)(H,28,31). The monoisotopic (exact) mass is 474 g/mol. The molecule has 0 saturated heterocycles. The molecule has 3 amide bonds. The van der Waals surface area contributed by atoms with Gasteiger partial charge in [0.25, 0.3) is 11.8 Å². The molecular formula is C24H18N4O5S. The number of carbonyl (C=O) groups excluding carboxylic acids is 3. The summed E-state index contributed by atoms with van der Waals surface area (Å²) in [4.78, 5) is 38.0. The highest BCUT2D eigenvalue weighted by Crippen LogP contribution is 2.32. The lowest BCUT2D eigenvalue weighted by Crippen LogP contribution is -2.41. The highest BCUT2D eigenvalue weighted by atomic mass is 32.2. The van der Waals surface area contributed by atoms with Crippen LogP contribution >= 0.6 is 11.8 Å². The van der Waals surface area contributed by atoms with Crippen molar-refractivity contribution in [1.82, 2.24) is 10.9 Å². The molecule has 1 heterocycles. The summed E-state index contributed by atoms with van der Waals surface area (Å²) in [6.07, 6.45) is 0. The molecule has 3 aromatic carbocycles. The van der Waals surface area contributed by atoms with Gasteiger partial charge >= 0.3 is 0 Å². The molecule has 10 heteroatoms. The Morgan fingerprint density at radius 3 is 2.56 bits per heavy atom. The first-order valence-electron chi connectivity index (χ1n) is 10.1. The average Bonchev–Trinajstić information content (AvgIpc) is 3.34. The summed E-state index contributed by atoms with van der Waals surface area (Å²) < 4.78 is 10.5. The second-order valence-corrected chi connectivity index (χ2v) is 8.02. The second-order valence-electron chi connectivity index (χ2n) is 7.00. The Morgan fingerprint density at radius 2 is 1.71 bits per heavy atom. The summed E-state index contributed by atoms with van der Waals surface area (Å²) in [6, 6.07) is 20.0. The lowest BCUT2D eigenvalue weighted by atomic mass is 10.2. The van der Waals surface area contributed by atoms with Gasteiger partial charge in [0.2, 0.25) is 12.7 Å². The number of nitrogens with one attached hydrogen (secondary N) is 3. The molecular weight excluding hydrogens is 456 g/mol. The summed E-state index contributed by atoms with van der Waals surface area (Å²) in [6.45, 7) is 0.0931. The van der Waals surface area contributed by atoms with Crippen LogP contribution in [0.3, 0.4) is 0 Å². The normalized spacial score (nSPS) is 11.3. The van der Waals surface area contributed by atoms with Crippen molar-refractivity contribution in [3.8, 4) is 17.6 Å². The molecule has 4 rings (SSSR count). The number of benzene rings is 3. The van der Waals surface area contributed by atoms with Crippen LogP contribution in [0, 0.1) is 11.3 Å². The molecule has 1 aliphatic rings. The van der Waals surface area contributed by atoms with Gasteiger partial charge in [-0.05, 0) is 48.5 Å². The van der Waals surface area contributed by atoms with E-state index in [9.17, 15) is 14.4 Å². The lowest BCUT2D eigenvalue weighted by Gasteiger charge is -2.11. The number of rotatable bonds is 6. The minimum Gasteiger partial charge on any atom is -0.454 e. The van der Waals surface area contributed by atoms with Crippen LogP contribution in [0.25, 0.3) is 0 Å². The number of hydrogen-bond donors (Lipinski definition) is 3. The van der Waals surface area contributed by atoms with E-state index in [1.165, 1.54) is 17.8 Å². The van der Waals surface area contributed by atoms with Gasteiger partial charge < -0.3 is 14.8 Å². The van der Waals surface area contributed by atoms with Crippen molar-refractivity contribution >= 4 is 35.2 Å². The number of hydrogen-bond acceptors (Lipinski definition) is 7. The van der Waals surface area contributed by atoms with E-state index in [1.807, 2.05) is 6.07 Å². The minimum atomic E-state index is -0.528. The first kappa shape index (κ1) is 22.7. The van der Waals surface area contributed by atoms with E-state index < -0.39 is 11.8 Å². The average molecular weight is 474 g/mol. The number of nitrogens with zero attached hydrogens (tertiary/aromatic N) is 1. The third-order valence-corrected chi connectivity index (χ3v) is 5.76. The van der Waals surface area contributed by atoms with Gasteiger partial charge in [-0.2, -0.15) is 5.26 Å². The van der Waals surface area contributed by atoms with Crippen LogP contribution in [0.15, 0.2) is 71.6 Å². The van der Waals surface area contributed by atoms with E-state index in [1.54, 1.807) is 60.7 Å². The van der Waals surface area contributed by atoms with Gasteiger partial charge in [0, 0.05) is 16.1 Å². The maximum absolute atomic E-state index is 12.7. The molecule has 0 aromatic heterocycles. The summed E-state index contributed by atoms with van der Waals surface area (Å²) in [5.41, 5.74) is 6.32. The summed E-state index contributed by atoms with van der Waals surface area (Å²) in [5.74, 6) is -0.279. The maximum Gasteiger partial charge on any atom is 0.270 e. The molecule has 3 N–H and O–H groups in total.